The van der Waals surface area contributed by atoms with E-state index in [4.69, 9.17) is 44.3 Å². The fourth-order valence-electron chi connectivity index (χ4n) is 2.78. The third-order valence-electron chi connectivity index (χ3n) is 4.60. The number of hydrogen-bond acceptors (Lipinski definition) is 4. The van der Waals surface area contributed by atoms with E-state index in [9.17, 15) is 9.59 Å². The van der Waals surface area contributed by atoms with Crippen LogP contribution in [0.25, 0.3) is 5.57 Å². The molecule has 0 heterocycles. The lowest BCUT2D eigenvalue weighted by Crippen LogP contribution is -2.15. The van der Waals surface area contributed by atoms with Gasteiger partial charge in [0.2, 0.25) is 0 Å². The minimum absolute atomic E-state index is 0.327. The highest BCUT2D eigenvalue weighted by Gasteiger charge is 2.14. The Morgan fingerprint density at radius 3 is 1.61 bits per heavy atom. The molecule has 2 aromatic carbocycles. The summed E-state index contributed by atoms with van der Waals surface area (Å²) in [4.78, 5) is 24.1. The number of carbonyl (C=O) groups excluding carboxylic acids is 2. The number of amides is 2. The Bertz CT molecular complexity index is 920. The van der Waals surface area contributed by atoms with E-state index in [-0.39, 0.29) is 0 Å². The zero-order valence-electron chi connectivity index (χ0n) is 18.6. The van der Waals surface area contributed by atoms with Crippen LogP contribution in [0.5, 0.6) is 0 Å². The van der Waals surface area contributed by atoms with Crippen LogP contribution in [0, 0.1) is 0 Å². The van der Waals surface area contributed by atoms with Gasteiger partial charge in [0.05, 0.1) is 34.6 Å². The van der Waals surface area contributed by atoms with Gasteiger partial charge in [-0.2, -0.15) is 0 Å². The molecular weight excluding hydrogens is 487 g/mol. The van der Waals surface area contributed by atoms with Crippen molar-refractivity contribution < 1.29 is 19.1 Å². The standard InChI is InChI=1S/C24H27Cl3N2O4/c1-3-5-11-32-23(30)28-21-13-16(7-9-19(21)26)18(15-25)17-8-10-20(27)22(14-17)29-24(31)33-12-6-4-2/h7-10,13-15H,3-6,11-12H2,1-2H3,(H,28,30)(H,29,31). The van der Waals surface area contributed by atoms with Gasteiger partial charge in [-0.1, -0.05) is 73.6 Å². The molecule has 6 nitrogen and oxygen atoms in total. The van der Waals surface area contributed by atoms with Gasteiger partial charge in [0.1, 0.15) is 0 Å². The van der Waals surface area contributed by atoms with Crippen molar-refractivity contribution in [2.75, 3.05) is 23.8 Å². The maximum Gasteiger partial charge on any atom is 0.411 e. The Kier molecular flexibility index (Phi) is 11.4. The van der Waals surface area contributed by atoms with Crippen LogP contribution in [0.3, 0.4) is 0 Å². The highest BCUT2D eigenvalue weighted by atomic mass is 35.5. The number of rotatable bonds is 10. The first kappa shape index (κ1) is 26.8. The van der Waals surface area contributed by atoms with Crippen LogP contribution in [0.4, 0.5) is 21.0 Å². The molecule has 9 heteroatoms. The van der Waals surface area contributed by atoms with Crippen molar-refractivity contribution in [3.05, 3.63) is 63.1 Å². The third kappa shape index (κ3) is 8.46. The molecule has 0 unspecified atom stereocenters. The van der Waals surface area contributed by atoms with E-state index in [1.165, 1.54) is 5.54 Å². The van der Waals surface area contributed by atoms with Crippen molar-refractivity contribution >= 4 is 63.9 Å². The van der Waals surface area contributed by atoms with E-state index in [0.29, 0.717) is 51.3 Å². The number of unbranched alkanes of at least 4 members (excludes halogenated alkanes) is 2. The summed E-state index contributed by atoms with van der Waals surface area (Å²) in [6.45, 7) is 4.67. The molecule has 0 saturated carbocycles. The quantitative estimate of drug-likeness (QED) is 0.313. The van der Waals surface area contributed by atoms with Gasteiger partial charge in [0, 0.05) is 11.1 Å². The van der Waals surface area contributed by atoms with Crippen LogP contribution < -0.4 is 10.6 Å². The summed E-state index contributed by atoms with van der Waals surface area (Å²) in [5.41, 5.74) is 4.19. The largest absolute Gasteiger partial charge is 0.449 e. The first-order chi connectivity index (χ1) is 15.9. The number of benzene rings is 2. The zero-order valence-corrected chi connectivity index (χ0v) is 20.8. The average Bonchev–Trinajstić information content (AvgIpc) is 2.79. The molecule has 0 spiro atoms. The van der Waals surface area contributed by atoms with Crippen LogP contribution in [-0.4, -0.2) is 25.4 Å². The molecule has 0 atom stereocenters. The first-order valence-electron chi connectivity index (χ1n) is 10.7. The van der Waals surface area contributed by atoms with Gasteiger partial charge < -0.3 is 9.47 Å². The number of carbonyl (C=O) groups is 2. The van der Waals surface area contributed by atoms with E-state index in [1.54, 1.807) is 36.4 Å². The predicted molar refractivity (Wildman–Crippen MR) is 136 cm³/mol. The van der Waals surface area contributed by atoms with Crippen molar-refractivity contribution in [3.63, 3.8) is 0 Å². The topological polar surface area (TPSA) is 76.7 Å². The van der Waals surface area contributed by atoms with Crippen molar-refractivity contribution in [1.29, 1.82) is 0 Å². The van der Waals surface area contributed by atoms with Gasteiger partial charge in [0.15, 0.2) is 0 Å². The fourth-order valence-corrected chi connectivity index (χ4v) is 3.36. The van der Waals surface area contributed by atoms with Crippen molar-refractivity contribution in [2.24, 2.45) is 0 Å². The molecule has 2 rings (SSSR count). The van der Waals surface area contributed by atoms with Crippen LogP contribution in [-0.2, 0) is 9.47 Å². The summed E-state index contributed by atoms with van der Waals surface area (Å²) in [5, 5.41) is 6.02. The molecule has 2 aromatic rings. The number of halogens is 3. The molecule has 0 radical (unpaired) electrons. The third-order valence-corrected chi connectivity index (χ3v) is 5.48. The molecule has 178 valence electrons. The molecular formula is C24H27Cl3N2O4. The molecule has 0 aromatic heterocycles. The van der Waals surface area contributed by atoms with E-state index in [0.717, 1.165) is 25.7 Å². The van der Waals surface area contributed by atoms with E-state index >= 15 is 0 Å². The lowest BCUT2D eigenvalue weighted by atomic mass is 9.98. The number of hydrogen-bond donors (Lipinski definition) is 2. The molecule has 0 fully saturated rings. The summed E-state index contributed by atoms with van der Waals surface area (Å²) in [7, 11) is 0. The second kappa shape index (κ2) is 14.0. The lowest BCUT2D eigenvalue weighted by Gasteiger charge is -2.14. The second-order valence-electron chi connectivity index (χ2n) is 7.14. The molecule has 33 heavy (non-hydrogen) atoms. The van der Waals surface area contributed by atoms with Gasteiger partial charge in [-0.05, 0) is 48.2 Å². The summed E-state index contributed by atoms with van der Waals surface area (Å²) < 4.78 is 10.3. The lowest BCUT2D eigenvalue weighted by molar-refractivity contribution is 0.159. The predicted octanol–water partition coefficient (Wildman–Crippen LogP) is 8.32. The summed E-state index contributed by atoms with van der Waals surface area (Å²) in [6.07, 6.45) is 2.22. The summed E-state index contributed by atoms with van der Waals surface area (Å²) in [6, 6.07) is 10.2. The minimum Gasteiger partial charge on any atom is -0.449 e. The maximum atomic E-state index is 12.0. The van der Waals surface area contributed by atoms with Gasteiger partial charge in [-0.25, -0.2) is 9.59 Å². The highest BCUT2D eigenvalue weighted by molar-refractivity contribution is 6.34. The van der Waals surface area contributed by atoms with Gasteiger partial charge >= 0.3 is 12.2 Å². The van der Waals surface area contributed by atoms with Crippen LogP contribution in [0.1, 0.15) is 50.7 Å². The summed E-state index contributed by atoms with van der Waals surface area (Å²) in [5.74, 6) is 0. The maximum absolute atomic E-state index is 12.0. The van der Waals surface area contributed by atoms with Gasteiger partial charge in [-0.3, -0.25) is 10.6 Å². The molecule has 0 aliphatic rings. The molecule has 0 saturated heterocycles. The molecule has 2 N–H and O–H groups in total. The molecule has 0 aliphatic heterocycles. The van der Waals surface area contributed by atoms with E-state index in [1.807, 2.05) is 13.8 Å². The minimum atomic E-state index is -0.585. The summed E-state index contributed by atoms with van der Waals surface area (Å²) >= 11 is 18.6. The molecule has 0 aliphatic carbocycles. The highest BCUT2D eigenvalue weighted by Crippen LogP contribution is 2.33. The Balaban J connectivity index is 2.23. The fraction of sp³-hybridized carbons (Fsp3) is 0.333. The van der Waals surface area contributed by atoms with Crippen LogP contribution in [0.15, 0.2) is 41.9 Å². The van der Waals surface area contributed by atoms with Crippen molar-refractivity contribution in [1.82, 2.24) is 0 Å². The Morgan fingerprint density at radius 2 is 1.24 bits per heavy atom. The zero-order chi connectivity index (χ0) is 24.2. The average molecular weight is 514 g/mol. The van der Waals surface area contributed by atoms with Crippen LogP contribution >= 0.6 is 34.8 Å². The Morgan fingerprint density at radius 1 is 0.818 bits per heavy atom. The number of nitrogens with one attached hydrogen (secondary N) is 2. The number of ether oxygens (including phenoxy) is 2. The van der Waals surface area contributed by atoms with Crippen LogP contribution in [0.2, 0.25) is 10.0 Å². The van der Waals surface area contributed by atoms with Gasteiger partial charge in [0.25, 0.3) is 0 Å². The Hall–Kier alpha value is -2.41. The number of anilines is 2. The van der Waals surface area contributed by atoms with Gasteiger partial charge in [-0.15, -0.1) is 0 Å². The molecule has 0 bridgehead atoms. The Labute approximate surface area is 209 Å². The first-order valence-corrected chi connectivity index (χ1v) is 11.9. The monoisotopic (exact) mass is 512 g/mol. The second-order valence-corrected chi connectivity index (χ2v) is 8.17. The van der Waals surface area contributed by atoms with Crippen molar-refractivity contribution in [2.45, 2.75) is 39.5 Å². The van der Waals surface area contributed by atoms with E-state index in [2.05, 4.69) is 10.6 Å². The SMILES string of the molecule is CCCCOC(=O)Nc1cc(C(=CCl)c2ccc(Cl)c(NC(=O)OCCCC)c2)ccc1Cl. The normalized spacial score (nSPS) is 10.3. The van der Waals surface area contributed by atoms with Crippen molar-refractivity contribution in [3.8, 4) is 0 Å². The molecule has 2 amide bonds. The smallest absolute Gasteiger partial charge is 0.411 e. The van der Waals surface area contributed by atoms with E-state index < -0.39 is 12.2 Å².